The number of phosphoric ester groups is 1. The molecule has 0 radical (unpaired) electrons. The van der Waals surface area contributed by atoms with Crippen LogP contribution >= 0.6 is 7.82 Å². The summed E-state index contributed by atoms with van der Waals surface area (Å²) in [7, 11) is -4.80. The molecule has 0 aromatic rings. The minimum Gasteiger partial charge on any atom is -0.394 e. The number of ether oxygens (including phenoxy) is 2. The van der Waals surface area contributed by atoms with Gasteiger partial charge in [-0.1, -0.05) is 6.92 Å². The number of rotatable bonds is 17. The molecule has 0 saturated carbocycles. The van der Waals surface area contributed by atoms with Crippen LogP contribution in [0.5, 0.6) is 0 Å². The number of carbonyl (C=O) groups excluding carboxylic acids is 4. The molecule has 4 unspecified atom stereocenters. The lowest BCUT2D eigenvalue weighted by atomic mass is 9.92. The molecule has 2 rings (SSSR count). The van der Waals surface area contributed by atoms with Gasteiger partial charge in [-0.25, -0.2) is 9.36 Å². The fourth-order valence-corrected chi connectivity index (χ4v) is 4.53. The van der Waals surface area contributed by atoms with E-state index in [1.165, 1.54) is 6.92 Å². The molecule has 9 atom stereocenters. The van der Waals surface area contributed by atoms with Gasteiger partial charge in [0.2, 0.25) is 5.91 Å². The van der Waals surface area contributed by atoms with Crippen LogP contribution in [0.4, 0.5) is 0 Å². The zero-order valence-corrected chi connectivity index (χ0v) is 23.5. The molecular weight excluding hydrogens is 595 g/mol. The minimum atomic E-state index is -4.80. The molecule has 2 heterocycles. The number of phosphoric acid groups is 1. The van der Waals surface area contributed by atoms with Crippen molar-refractivity contribution in [3.8, 4) is 0 Å². The average molecular weight is 633 g/mol. The second-order valence-corrected chi connectivity index (χ2v) is 10.9. The summed E-state index contributed by atoms with van der Waals surface area (Å²) in [6.45, 7) is -1.91. The van der Waals surface area contributed by atoms with E-state index >= 15 is 0 Å². The van der Waals surface area contributed by atoms with Crippen molar-refractivity contribution in [1.82, 2.24) is 10.4 Å². The van der Waals surface area contributed by atoms with E-state index in [2.05, 4.69) is 19.2 Å². The van der Waals surface area contributed by atoms with Crippen molar-refractivity contribution in [2.24, 2.45) is 5.92 Å². The van der Waals surface area contributed by atoms with E-state index in [4.69, 9.17) is 9.47 Å². The second-order valence-electron chi connectivity index (χ2n) is 9.47. The van der Waals surface area contributed by atoms with E-state index in [1.54, 1.807) is 0 Å². The summed E-state index contributed by atoms with van der Waals surface area (Å²) in [6.07, 6.45) is -11.7. The number of hydrogen-bond acceptors (Lipinski definition) is 16. The molecule has 2 aliphatic heterocycles. The molecule has 2 aliphatic rings. The van der Waals surface area contributed by atoms with Crippen molar-refractivity contribution >= 4 is 31.5 Å². The van der Waals surface area contributed by atoms with Gasteiger partial charge in [-0.3, -0.25) is 23.4 Å². The first-order valence-electron chi connectivity index (χ1n) is 12.9. The first-order valence-corrected chi connectivity index (χ1v) is 14.4. The molecule has 0 spiro atoms. The molecule has 19 nitrogen and oxygen atoms in total. The summed E-state index contributed by atoms with van der Waals surface area (Å²) in [4.78, 5) is 60.7. The van der Waals surface area contributed by atoms with Crippen molar-refractivity contribution in [3.63, 3.8) is 0 Å². The Morgan fingerprint density at radius 3 is 2.33 bits per heavy atom. The molecule has 8 N–H and O–H groups in total. The van der Waals surface area contributed by atoms with Gasteiger partial charge in [-0.05, 0) is 0 Å². The van der Waals surface area contributed by atoms with E-state index in [0.717, 1.165) is 0 Å². The van der Waals surface area contributed by atoms with Gasteiger partial charge in [0, 0.05) is 31.7 Å². The van der Waals surface area contributed by atoms with Crippen molar-refractivity contribution < 1.29 is 82.6 Å². The van der Waals surface area contributed by atoms with Crippen LogP contribution in [-0.2, 0) is 47.1 Å². The first kappa shape index (κ1) is 36.1. The van der Waals surface area contributed by atoms with Crippen molar-refractivity contribution in [2.75, 3.05) is 33.0 Å². The van der Waals surface area contributed by atoms with Crippen LogP contribution in [0.25, 0.3) is 0 Å². The number of aliphatic hydroxyl groups excluding tert-OH is 6. The van der Waals surface area contributed by atoms with E-state index in [9.17, 15) is 59.3 Å². The third-order valence-corrected chi connectivity index (χ3v) is 7.28. The van der Waals surface area contributed by atoms with E-state index in [0.29, 0.717) is 5.06 Å². The van der Waals surface area contributed by atoms with E-state index in [-0.39, 0.29) is 25.8 Å². The van der Waals surface area contributed by atoms with Crippen LogP contribution in [0.2, 0.25) is 0 Å². The average Bonchev–Trinajstić information content (AvgIpc) is 3.27. The maximum Gasteiger partial charge on any atom is 0.472 e. The van der Waals surface area contributed by atoms with E-state index in [1.807, 2.05) is 0 Å². The quantitative estimate of drug-likeness (QED) is 0.0428. The monoisotopic (exact) mass is 632 g/mol. The van der Waals surface area contributed by atoms with Crippen LogP contribution in [0.3, 0.4) is 0 Å². The van der Waals surface area contributed by atoms with Gasteiger partial charge in [-0.15, -0.1) is 5.06 Å². The van der Waals surface area contributed by atoms with Gasteiger partial charge < -0.3 is 55.2 Å². The first-order chi connectivity index (χ1) is 19.7. The van der Waals surface area contributed by atoms with Crippen molar-refractivity contribution in [3.05, 3.63) is 0 Å². The molecule has 0 aliphatic carbocycles. The lowest BCUT2D eigenvalue weighted by molar-refractivity contribution is -0.306. The summed E-state index contributed by atoms with van der Waals surface area (Å²) in [6, 6.07) is 0. The molecule has 0 aromatic carbocycles. The number of aliphatic hydroxyl groups is 6. The second kappa shape index (κ2) is 16.6. The molecule has 3 amide bonds. The molecule has 2 fully saturated rings. The maximum atomic E-state index is 12.1. The van der Waals surface area contributed by atoms with Gasteiger partial charge in [0.1, 0.15) is 30.5 Å². The number of nitrogens with one attached hydrogen (secondary N) is 1. The Labute approximate surface area is 239 Å². The molecule has 20 heteroatoms. The summed E-state index contributed by atoms with van der Waals surface area (Å²) in [5.41, 5.74) is 0. The fraction of sp³-hybridized carbons (Fsp3) is 0.818. The lowest BCUT2D eigenvalue weighted by Gasteiger charge is -2.42. The summed E-state index contributed by atoms with van der Waals surface area (Å²) >= 11 is 0. The number of amides is 3. The Morgan fingerprint density at radius 2 is 1.74 bits per heavy atom. The summed E-state index contributed by atoms with van der Waals surface area (Å²) < 4.78 is 32.1. The highest BCUT2D eigenvalue weighted by molar-refractivity contribution is 7.47. The van der Waals surface area contributed by atoms with E-state index < -0.39 is 113 Å². The van der Waals surface area contributed by atoms with Gasteiger partial charge in [0.25, 0.3) is 11.8 Å². The predicted molar refractivity (Wildman–Crippen MR) is 132 cm³/mol. The Hall–Kier alpha value is -2.13. The van der Waals surface area contributed by atoms with Crippen LogP contribution in [0.15, 0.2) is 0 Å². The Morgan fingerprint density at radius 1 is 1.10 bits per heavy atom. The van der Waals surface area contributed by atoms with Crippen LogP contribution in [0.1, 0.15) is 32.6 Å². The van der Waals surface area contributed by atoms with Crippen LogP contribution in [0, 0.1) is 5.92 Å². The fourth-order valence-electron chi connectivity index (χ4n) is 3.79. The van der Waals surface area contributed by atoms with Gasteiger partial charge >= 0.3 is 13.8 Å². The highest BCUT2D eigenvalue weighted by atomic mass is 31.2. The standard InChI is InChI=1S/C22H37N2O17P/c1-11-19(32)21(34)14(9-26)40-22(11)39-13(8-25)20(33)12(27)10-38-42(35,36)37-7-6-23-15(28)2-5-18(31)41-24-16(29)3-4-17(24)30/h11-14,19-22,25-27,32-34H,2-10H2,1H3,(H,23,28)(H,35,36)/t11?,12-,13+,14?,19+,20-,21+,22?/m0/s1. The van der Waals surface area contributed by atoms with Crippen LogP contribution < -0.4 is 5.32 Å². The Bertz CT molecular complexity index is 967. The molecule has 0 aromatic heterocycles. The molecular formula is C22H37N2O17P. The van der Waals surface area contributed by atoms with Gasteiger partial charge in [0.15, 0.2) is 6.29 Å². The van der Waals surface area contributed by atoms with Crippen LogP contribution in [-0.4, -0.2) is 140 Å². The largest absolute Gasteiger partial charge is 0.472 e. The number of carbonyl (C=O) groups is 4. The number of hydrogen-bond donors (Lipinski definition) is 8. The lowest BCUT2D eigenvalue weighted by Crippen LogP contribution is -2.57. The summed E-state index contributed by atoms with van der Waals surface area (Å²) in [5.74, 6) is -3.88. The molecule has 2 saturated heterocycles. The van der Waals surface area contributed by atoms with Crippen molar-refractivity contribution in [1.29, 1.82) is 0 Å². The normalized spacial score (nSPS) is 28.2. The number of imide groups is 1. The van der Waals surface area contributed by atoms with Gasteiger partial charge in [-0.2, -0.15) is 0 Å². The Balaban J connectivity index is 1.69. The zero-order chi connectivity index (χ0) is 31.6. The topological polar surface area (TPSA) is 288 Å². The SMILES string of the molecule is CC1C(O[C@H](CO)[C@@H](O)[C@@H](O)COP(=O)(O)OCCNC(=O)CCC(=O)ON2C(=O)CCC2=O)OC(CO)[C@@H](O)[C@@H]1O. The smallest absolute Gasteiger partial charge is 0.394 e. The maximum absolute atomic E-state index is 12.1. The number of hydroxylamine groups is 2. The minimum absolute atomic E-state index is 0.0813. The predicted octanol–water partition coefficient (Wildman–Crippen LogP) is -4.20. The zero-order valence-electron chi connectivity index (χ0n) is 22.6. The third kappa shape index (κ3) is 10.5. The molecule has 42 heavy (non-hydrogen) atoms. The molecule has 0 bridgehead atoms. The highest BCUT2D eigenvalue weighted by Gasteiger charge is 2.44. The van der Waals surface area contributed by atoms with Crippen molar-refractivity contribution in [2.45, 2.75) is 75.5 Å². The summed E-state index contributed by atoms with van der Waals surface area (Å²) in [5, 5.41) is 62.0. The molecule has 242 valence electrons. The van der Waals surface area contributed by atoms with Gasteiger partial charge in [0.05, 0.1) is 39.0 Å². The Kier molecular flexibility index (Phi) is 14.3. The highest BCUT2D eigenvalue weighted by Crippen LogP contribution is 2.43. The number of nitrogens with zero attached hydrogens (tertiary/aromatic N) is 1. The third-order valence-electron chi connectivity index (χ3n) is 6.29.